The molecule has 0 aliphatic heterocycles. The third kappa shape index (κ3) is 2.34. The summed E-state index contributed by atoms with van der Waals surface area (Å²) in [6, 6.07) is 7.58. The van der Waals surface area contributed by atoms with E-state index in [1.807, 2.05) is 24.3 Å². The second-order valence-electron chi connectivity index (χ2n) is 3.03. The Morgan fingerprint density at radius 2 is 2.44 bits per heavy atom. The first kappa shape index (κ1) is 10.6. The average molecular weight is 234 g/mol. The van der Waals surface area contributed by atoms with Crippen LogP contribution in [0.5, 0.6) is 5.75 Å². The molecule has 0 aliphatic rings. The predicted octanol–water partition coefficient (Wildman–Crippen LogP) is 1.83. The van der Waals surface area contributed by atoms with E-state index in [2.05, 4.69) is 15.3 Å². The molecule has 1 heterocycles. The normalized spacial score (nSPS) is 10.8. The average Bonchev–Trinajstić information content (AvgIpc) is 2.72. The molecule has 1 aromatic carbocycles. The Morgan fingerprint density at radius 1 is 1.56 bits per heavy atom. The summed E-state index contributed by atoms with van der Waals surface area (Å²) in [4.78, 5) is 0. The number of nitrogens with zero attached hydrogens (tertiary/aromatic N) is 3. The Labute approximate surface area is 97.4 Å². The highest BCUT2D eigenvalue weighted by Gasteiger charge is 1.93. The van der Waals surface area contributed by atoms with E-state index in [4.69, 9.17) is 17.0 Å². The van der Waals surface area contributed by atoms with Crippen LogP contribution in [0.25, 0.3) is 0 Å². The van der Waals surface area contributed by atoms with Gasteiger partial charge in [0.25, 0.3) is 0 Å². The molecule has 82 valence electrons. The number of methoxy groups -OCH3 is 1. The third-order valence-electron chi connectivity index (χ3n) is 1.96. The maximum Gasteiger partial charge on any atom is 0.216 e. The second-order valence-corrected chi connectivity index (χ2v) is 3.41. The van der Waals surface area contributed by atoms with Crippen LogP contribution in [0, 0.1) is 4.77 Å². The smallest absolute Gasteiger partial charge is 0.216 e. The molecular formula is C10H10N4OS. The van der Waals surface area contributed by atoms with Crippen molar-refractivity contribution >= 4 is 18.4 Å². The topological polar surface area (TPSA) is 55.2 Å². The molecule has 0 spiro atoms. The summed E-state index contributed by atoms with van der Waals surface area (Å²) in [7, 11) is 1.63. The zero-order valence-corrected chi connectivity index (χ0v) is 9.44. The molecule has 0 radical (unpaired) electrons. The van der Waals surface area contributed by atoms with E-state index in [0.29, 0.717) is 4.77 Å². The number of hydrogen-bond donors (Lipinski definition) is 1. The number of rotatable bonds is 3. The quantitative estimate of drug-likeness (QED) is 0.651. The Balaban J connectivity index is 2.24. The van der Waals surface area contributed by atoms with Crippen LogP contribution in [0.4, 0.5) is 0 Å². The molecule has 1 N–H and O–H groups in total. The van der Waals surface area contributed by atoms with Crippen molar-refractivity contribution in [3.05, 3.63) is 40.9 Å². The van der Waals surface area contributed by atoms with Gasteiger partial charge in [0.05, 0.1) is 13.3 Å². The van der Waals surface area contributed by atoms with Crippen molar-refractivity contribution in [1.29, 1.82) is 0 Å². The van der Waals surface area contributed by atoms with Crippen LogP contribution in [0.3, 0.4) is 0 Å². The van der Waals surface area contributed by atoms with Gasteiger partial charge in [0.15, 0.2) is 0 Å². The first-order chi connectivity index (χ1) is 7.79. The van der Waals surface area contributed by atoms with Gasteiger partial charge in [-0.1, -0.05) is 12.1 Å². The summed E-state index contributed by atoms with van der Waals surface area (Å²) in [5.74, 6) is 0.791. The van der Waals surface area contributed by atoms with Crippen molar-refractivity contribution in [2.45, 2.75) is 0 Å². The number of H-pyrrole nitrogens is 1. The Morgan fingerprint density at radius 3 is 3.12 bits per heavy atom. The molecule has 0 aliphatic carbocycles. The van der Waals surface area contributed by atoms with Crippen LogP contribution in [-0.2, 0) is 0 Å². The van der Waals surface area contributed by atoms with E-state index in [9.17, 15) is 0 Å². The highest BCUT2D eigenvalue weighted by atomic mass is 32.1. The second kappa shape index (κ2) is 4.71. The number of aromatic amines is 1. The van der Waals surface area contributed by atoms with Gasteiger partial charge in [-0.2, -0.15) is 14.9 Å². The number of aromatic nitrogens is 3. The molecule has 5 nitrogen and oxygen atoms in total. The standard InChI is InChI=1S/C10H10N4OS/c1-15-9-4-2-3-8(5-9)6-12-14-7-11-13-10(14)16/h2-7H,1H3,(H,13,16)/b12-6+. The van der Waals surface area contributed by atoms with Crippen molar-refractivity contribution < 1.29 is 4.74 Å². The zero-order chi connectivity index (χ0) is 11.4. The van der Waals surface area contributed by atoms with Crippen molar-refractivity contribution in [2.75, 3.05) is 7.11 Å². The number of hydrogen-bond acceptors (Lipinski definition) is 4. The molecule has 1 aromatic heterocycles. The van der Waals surface area contributed by atoms with Crippen molar-refractivity contribution in [1.82, 2.24) is 14.9 Å². The molecule has 0 saturated heterocycles. The van der Waals surface area contributed by atoms with Crippen LogP contribution < -0.4 is 4.74 Å². The number of nitrogens with one attached hydrogen (secondary N) is 1. The predicted molar refractivity (Wildman–Crippen MR) is 63.4 cm³/mol. The lowest BCUT2D eigenvalue weighted by molar-refractivity contribution is 0.415. The van der Waals surface area contributed by atoms with Gasteiger partial charge in [0, 0.05) is 0 Å². The zero-order valence-electron chi connectivity index (χ0n) is 8.62. The van der Waals surface area contributed by atoms with Gasteiger partial charge in [-0.15, -0.1) is 0 Å². The fourth-order valence-corrected chi connectivity index (χ4v) is 1.32. The molecular weight excluding hydrogens is 224 g/mol. The van der Waals surface area contributed by atoms with E-state index < -0.39 is 0 Å². The largest absolute Gasteiger partial charge is 0.497 e. The summed E-state index contributed by atoms with van der Waals surface area (Å²) in [5.41, 5.74) is 0.933. The SMILES string of the molecule is COc1cccc(/C=N/n2cn[nH]c2=S)c1. The Hall–Kier alpha value is -1.95. The lowest BCUT2D eigenvalue weighted by Gasteiger charge is -1.99. The first-order valence-electron chi connectivity index (χ1n) is 4.60. The maximum atomic E-state index is 5.11. The van der Waals surface area contributed by atoms with E-state index in [0.717, 1.165) is 11.3 Å². The number of ether oxygens (including phenoxy) is 1. The first-order valence-corrected chi connectivity index (χ1v) is 5.01. The van der Waals surface area contributed by atoms with Gasteiger partial charge >= 0.3 is 0 Å². The highest BCUT2D eigenvalue weighted by molar-refractivity contribution is 7.71. The van der Waals surface area contributed by atoms with Crippen LogP contribution in [0.2, 0.25) is 0 Å². The Kier molecular flexibility index (Phi) is 3.11. The minimum Gasteiger partial charge on any atom is -0.497 e. The number of benzene rings is 1. The minimum atomic E-state index is 0.458. The van der Waals surface area contributed by atoms with Crippen LogP contribution in [0.1, 0.15) is 5.56 Å². The van der Waals surface area contributed by atoms with Gasteiger partial charge in [-0.3, -0.25) is 5.10 Å². The lowest BCUT2D eigenvalue weighted by atomic mass is 10.2. The molecule has 2 rings (SSSR count). The van der Waals surface area contributed by atoms with Gasteiger partial charge in [-0.25, -0.2) is 0 Å². The van der Waals surface area contributed by atoms with Crippen molar-refractivity contribution in [2.24, 2.45) is 5.10 Å². The summed E-state index contributed by atoms with van der Waals surface area (Å²) in [5, 5.41) is 10.5. The van der Waals surface area contributed by atoms with E-state index >= 15 is 0 Å². The molecule has 0 unspecified atom stereocenters. The molecule has 0 fully saturated rings. The lowest BCUT2D eigenvalue weighted by Crippen LogP contribution is -1.90. The van der Waals surface area contributed by atoms with Gasteiger partial charge in [0.1, 0.15) is 12.1 Å². The van der Waals surface area contributed by atoms with Gasteiger partial charge in [0.2, 0.25) is 4.77 Å². The van der Waals surface area contributed by atoms with Crippen molar-refractivity contribution in [3.63, 3.8) is 0 Å². The monoisotopic (exact) mass is 234 g/mol. The van der Waals surface area contributed by atoms with E-state index in [1.54, 1.807) is 13.3 Å². The molecule has 2 aromatic rings. The molecule has 6 heteroatoms. The molecule has 0 saturated carbocycles. The Bertz CT molecular complexity index is 558. The highest BCUT2D eigenvalue weighted by Crippen LogP contribution is 2.10. The summed E-state index contributed by atoms with van der Waals surface area (Å²) < 4.78 is 7.05. The van der Waals surface area contributed by atoms with Crippen LogP contribution in [0.15, 0.2) is 35.7 Å². The van der Waals surface area contributed by atoms with E-state index in [-0.39, 0.29) is 0 Å². The van der Waals surface area contributed by atoms with Gasteiger partial charge < -0.3 is 4.74 Å². The molecule has 16 heavy (non-hydrogen) atoms. The maximum absolute atomic E-state index is 5.11. The molecule has 0 atom stereocenters. The summed E-state index contributed by atoms with van der Waals surface area (Å²) >= 11 is 4.96. The molecule has 0 amide bonds. The summed E-state index contributed by atoms with van der Waals surface area (Å²) in [6.07, 6.45) is 3.20. The third-order valence-corrected chi connectivity index (χ3v) is 2.24. The fourth-order valence-electron chi connectivity index (χ4n) is 1.18. The van der Waals surface area contributed by atoms with Crippen LogP contribution in [-0.4, -0.2) is 28.2 Å². The summed E-state index contributed by atoms with van der Waals surface area (Å²) in [6.45, 7) is 0. The van der Waals surface area contributed by atoms with Crippen molar-refractivity contribution in [3.8, 4) is 5.75 Å². The van der Waals surface area contributed by atoms with Crippen LogP contribution >= 0.6 is 12.2 Å². The van der Waals surface area contributed by atoms with E-state index in [1.165, 1.54) is 11.0 Å². The molecule has 0 bridgehead atoms. The van der Waals surface area contributed by atoms with Gasteiger partial charge in [-0.05, 0) is 29.9 Å². The fraction of sp³-hybridized carbons (Fsp3) is 0.100. The minimum absolute atomic E-state index is 0.458.